The first kappa shape index (κ1) is 14.3. The van der Waals surface area contributed by atoms with Crippen LogP contribution in [-0.4, -0.2) is 16.0 Å². The van der Waals surface area contributed by atoms with Gasteiger partial charge in [0.2, 0.25) is 0 Å². The highest BCUT2D eigenvalue weighted by Crippen LogP contribution is 2.38. The topological polar surface area (TPSA) is 52.5 Å². The Morgan fingerprint density at radius 2 is 2.00 bits per heavy atom. The van der Waals surface area contributed by atoms with E-state index in [1.807, 2.05) is 18.7 Å². The molecule has 3 nitrogen and oxygen atoms in total. The monoisotopic (exact) mass is 301 g/mol. The maximum atomic E-state index is 9.98. The Kier molecular flexibility index (Phi) is 4.08. The van der Waals surface area contributed by atoms with Crippen molar-refractivity contribution < 1.29 is 10.2 Å². The van der Waals surface area contributed by atoms with Crippen LogP contribution in [0, 0.1) is 0 Å². The summed E-state index contributed by atoms with van der Waals surface area (Å²) >= 11 is 1.90. The van der Waals surface area contributed by atoms with Gasteiger partial charge in [-0.05, 0) is 36.8 Å². The van der Waals surface area contributed by atoms with Crippen molar-refractivity contribution in [3.63, 3.8) is 0 Å². The van der Waals surface area contributed by atoms with Gasteiger partial charge in [-0.25, -0.2) is 0 Å². The molecule has 4 heteroatoms. The van der Waals surface area contributed by atoms with Crippen LogP contribution < -0.4 is 5.32 Å². The Hall–Kier alpha value is -1.65. The zero-order valence-electron chi connectivity index (χ0n) is 11.9. The van der Waals surface area contributed by atoms with Crippen LogP contribution in [0.5, 0.6) is 11.5 Å². The molecule has 1 aliphatic rings. The number of thioether (sulfide) groups is 1. The molecule has 0 fully saturated rings. The summed E-state index contributed by atoms with van der Waals surface area (Å²) in [5, 5.41) is 23.0. The van der Waals surface area contributed by atoms with Crippen LogP contribution in [0.2, 0.25) is 0 Å². The van der Waals surface area contributed by atoms with Gasteiger partial charge in [0.15, 0.2) is 0 Å². The van der Waals surface area contributed by atoms with Crippen LogP contribution in [0.3, 0.4) is 0 Å². The lowest BCUT2D eigenvalue weighted by atomic mass is 10.00. The fourth-order valence-corrected chi connectivity index (χ4v) is 3.93. The summed E-state index contributed by atoms with van der Waals surface area (Å²) in [5.74, 6) is 1.32. The Morgan fingerprint density at radius 3 is 2.81 bits per heavy atom. The van der Waals surface area contributed by atoms with E-state index in [9.17, 15) is 10.2 Å². The number of phenolic OH excluding ortho intramolecular Hbond substituents is 2. The zero-order chi connectivity index (χ0) is 14.8. The molecule has 1 heterocycles. The van der Waals surface area contributed by atoms with Gasteiger partial charge < -0.3 is 15.5 Å². The standard InChI is InChI=1S/C17H19NO2S/c1-11(13-7-6-12(19)10-16(13)20)18-15-8-9-21-17-5-3-2-4-14(15)17/h2-7,10-11,15,18-20H,8-9H2,1H3. The molecule has 0 aromatic heterocycles. The van der Waals surface area contributed by atoms with Crippen molar-refractivity contribution in [3.05, 3.63) is 53.6 Å². The lowest BCUT2D eigenvalue weighted by molar-refractivity contribution is 0.414. The van der Waals surface area contributed by atoms with Gasteiger partial charge in [-0.15, -0.1) is 11.8 Å². The van der Waals surface area contributed by atoms with Crippen LogP contribution >= 0.6 is 11.8 Å². The van der Waals surface area contributed by atoms with E-state index in [0.717, 1.165) is 17.7 Å². The first-order valence-electron chi connectivity index (χ1n) is 7.15. The minimum atomic E-state index is 0.0201. The minimum Gasteiger partial charge on any atom is -0.508 e. The highest BCUT2D eigenvalue weighted by Gasteiger charge is 2.22. The minimum absolute atomic E-state index is 0.0201. The molecule has 21 heavy (non-hydrogen) atoms. The van der Waals surface area contributed by atoms with Crippen molar-refractivity contribution in [2.24, 2.45) is 0 Å². The van der Waals surface area contributed by atoms with Crippen molar-refractivity contribution in [1.82, 2.24) is 5.32 Å². The number of benzene rings is 2. The Morgan fingerprint density at radius 1 is 1.19 bits per heavy atom. The zero-order valence-corrected chi connectivity index (χ0v) is 12.7. The summed E-state index contributed by atoms with van der Waals surface area (Å²) < 4.78 is 0. The lowest BCUT2D eigenvalue weighted by Crippen LogP contribution is -2.27. The SMILES string of the molecule is CC(NC1CCSc2ccccc21)c1ccc(O)cc1O. The molecule has 0 saturated carbocycles. The molecule has 0 bridgehead atoms. The molecule has 2 unspecified atom stereocenters. The predicted octanol–water partition coefficient (Wildman–Crippen LogP) is 3.99. The van der Waals surface area contributed by atoms with Crippen LogP contribution in [0.4, 0.5) is 0 Å². The number of fused-ring (bicyclic) bond motifs is 1. The normalized spacial score (nSPS) is 19.0. The largest absolute Gasteiger partial charge is 0.508 e. The van der Waals surface area contributed by atoms with Gasteiger partial charge in [0.1, 0.15) is 11.5 Å². The number of nitrogens with one attached hydrogen (secondary N) is 1. The van der Waals surface area contributed by atoms with E-state index in [1.165, 1.54) is 16.5 Å². The van der Waals surface area contributed by atoms with Gasteiger partial charge in [0.05, 0.1) is 0 Å². The molecule has 2 aromatic rings. The van der Waals surface area contributed by atoms with Crippen LogP contribution in [0.25, 0.3) is 0 Å². The van der Waals surface area contributed by atoms with E-state index in [0.29, 0.717) is 6.04 Å². The summed E-state index contributed by atoms with van der Waals surface area (Å²) in [5.41, 5.74) is 2.14. The van der Waals surface area contributed by atoms with Gasteiger partial charge in [-0.2, -0.15) is 0 Å². The first-order chi connectivity index (χ1) is 10.1. The molecule has 1 aliphatic heterocycles. The van der Waals surface area contributed by atoms with Crippen LogP contribution in [-0.2, 0) is 0 Å². The molecule has 0 aliphatic carbocycles. The maximum Gasteiger partial charge on any atom is 0.124 e. The Labute approximate surface area is 129 Å². The van der Waals surface area contributed by atoms with Gasteiger partial charge in [0, 0.05) is 28.6 Å². The molecule has 2 atom stereocenters. The highest BCUT2D eigenvalue weighted by molar-refractivity contribution is 7.99. The van der Waals surface area contributed by atoms with Crippen LogP contribution in [0.15, 0.2) is 47.4 Å². The van der Waals surface area contributed by atoms with Crippen molar-refractivity contribution in [1.29, 1.82) is 0 Å². The van der Waals surface area contributed by atoms with Gasteiger partial charge >= 0.3 is 0 Å². The molecular formula is C17H19NO2S. The maximum absolute atomic E-state index is 9.98. The number of aromatic hydroxyl groups is 2. The third-order valence-electron chi connectivity index (χ3n) is 3.89. The van der Waals surface area contributed by atoms with Gasteiger partial charge in [-0.1, -0.05) is 24.3 Å². The van der Waals surface area contributed by atoms with E-state index in [4.69, 9.17) is 0 Å². The quantitative estimate of drug-likeness (QED) is 0.802. The molecule has 0 amide bonds. The predicted molar refractivity (Wildman–Crippen MR) is 85.8 cm³/mol. The van der Waals surface area contributed by atoms with Crippen LogP contribution in [0.1, 0.15) is 36.6 Å². The van der Waals surface area contributed by atoms with E-state index in [1.54, 1.807) is 12.1 Å². The van der Waals surface area contributed by atoms with Gasteiger partial charge in [-0.3, -0.25) is 0 Å². The number of phenols is 2. The second kappa shape index (κ2) is 6.00. The fraction of sp³-hybridized carbons (Fsp3) is 0.294. The number of rotatable bonds is 3. The summed E-state index contributed by atoms with van der Waals surface area (Å²) in [6.45, 7) is 2.04. The van der Waals surface area contributed by atoms with Crippen molar-refractivity contribution in [2.45, 2.75) is 30.3 Å². The van der Waals surface area contributed by atoms with Crippen molar-refractivity contribution in [3.8, 4) is 11.5 Å². The summed E-state index contributed by atoms with van der Waals surface area (Å²) in [6, 6.07) is 13.6. The second-order valence-electron chi connectivity index (χ2n) is 5.36. The van der Waals surface area contributed by atoms with E-state index in [2.05, 4.69) is 29.6 Å². The second-order valence-corrected chi connectivity index (χ2v) is 6.50. The third-order valence-corrected chi connectivity index (χ3v) is 5.01. The lowest BCUT2D eigenvalue weighted by Gasteiger charge is -2.29. The molecular weight excluding hydrogens is 282 g/mol. The average molecular weight is 301 g/mol. The van der Waals surface area contributed by atoms with Crippen molar-refractivity contribution >= 4 is 11.8 Å². The fourth-order valence-electron chi connectivity index (χ4n) is 2.80. The van der Waals surface area contributed by atoms with E-state index in [-0.39, 0.29) is 17.5 Å². The molecule has 110 valence electrons. The van der Waals surface area contributed by atoms with Crippen molar-refractivity contribution in [2.75, 3.05) is 5.75 Å². The average Bonchev–Trinajstić information content (AvgIpc) is 2.47. The summed E-state index contributed by atoms with van der Waals surface area (Å²) in [4.78, 5) is 1.34. The number of hydrogen-bond donors (Lipinski definition) is 3. The van der Waals surface area contributed by atoms with E-state index >= 15 is 0 Å². The molecule has 2 aromatic carbocycles. The Balaban J connectivity index is 1.81. The first-order valence-corrected chi connectivity index (χ1v) is 8.13. The summed E-state index contributed by atoms with van der Waals surface area (Å²) in [7, 11) is 0. The van der Waals surface area contributed by atoms with Gasteiger partial charge in [0.25, 0.3) is 0 Å². The van der Waals surface area contributed by atoms with E-state index < -0.39 is 0 Å². The smallest absolute Gasteiger partial charge is 0.124 e. The molecule has 0 radical (unpaired) electrons. The molecule has 3 rings (SSSR count). The molecule has 3 N–H and O–H groups in total. The highest BCUT2D eigenvalue weighted by atomic mass is 32.2. The Bertz CT molecular complexity index is 644. The molecule has 0 spiro atoms. The third kappa shape index (κ3) is 3.01. The summed E-state index contributed by atoms with van der Waals surface area (Å²) in [6.07, 6.45) is 1.07. The number of hydrogen-bond acceptors (Lipinski definition) is 4. The molecule has 0 saturated heterocycles.